The highest BCUT2D eigenvalue weighted by Crippen LogP contribution is 2.52. The number of nitrogens with zero attached hydrogens (tertiary/aromatic N) is 3. The molecular formula is C21H25N3O3. The van der Waals surface area contributed by atoms with Crippen LogP contribution in [0.3, 0.4) is 0 Å². The number of hydrogen-bond donors (Lipinski definition) is 0. The number of aryl methyl sites for hydroxylation is 1. The normalized spacial score (nSPS) is 22.7. The second kappa shape index (κ2) is 6.01. The summed E-state index contributed by atoms with van der Waals surface area (Å²) in [4.78, 5) is 15.4. The van der Waals surface area contributed by atoms with Gasteiger partial charge in [-0.2, -0.15) is 5.10 Å². The Bertz CT molecular complexity index is 898. The Hall–Kier alpha value is -2.50. The average Bonchev–Trinajstić information content (AvgIpc) is 3.33. The number of hydrogen-bond acceptors (Lipinski definition) is 4. The summed E-state index contributed by atoms with van der Waals surface area (Å²) in [5.41, 5.74) is 3.20. The molecule has 1 aromatic heterocycles. The second-order valence-corrected chi connectivity index (χ2v) is 8.02. The summed E-state index contributed by atoms with van der Waals surface area (Å²) in [7, 11) is 1.82. The third-order valence-electron chi connectivity index (χ3n) is 6.54. The zero-order valence-electron chi connectivity index (χ0n) is 15.9. The topological polar surface area (TPSA) is 56.6 Å². The maximum absolute atomic E-state index is 13.3. The Morgan fingerprint density at radius 2 is 1.89 bits per heavy atom. The highest BCUT2D eigenvalue weighted by atomic mass is 16.6. The first-order valence-corrected chi connectivity index (χ1v) is 9.82. The summed E-state index contributed by atoms with van der Waals surface area (Å²) in [6.45, 7) is 4.04. The van der Waals surface area contributed by atoms with Gasteiger partial charge in [-0.3, -0.25) is 9.48 Å². The highest BCUT2D eigenvalue weighted by Gasteiger charge is 2.46. The summed E-state index contributed by atoms with van der Waals surface area (Å²) in [5, 5.41) is 4.18. The molecule has 6 nitrogen and oxygen atoms in total. The molecule has 1 aliphatic carbocycles. The lowest BCUT2D eigenvalue weighted by Gasteiger charge is -2.46. The van der Waals surface area contributed by atoms with Crippen molar-refractivity contribution in [2.75, 3.05) is 19.8 Å². The number of carbonyl (C=O) groups excluding carboxylic acids is 1. The standard InChI is InChI=1S/C21H25N3O3/c1-14-15-11-18-19(27-10-9-26-18)12-16(15)21(6-3-4-7-21)13-24(14)20(25)17-5-8-22-23(17)2/h5,8,11-12,14H,3-4,6-7,9-10,13H2,1-2H3/t14-/m1/s1. The van der Waals surface area contributed by atoms with Gasteiger partial charge in [0, 0.05) is 25.2 Å². The number of benzene rings is 1. The summed E-state index contributed by atoms with van der Waals surface area (Å²) in [6.07, 6.45) is 6.32. The van der Waals surface area contributed by atoms with Crippen LogP contribution in [0.5, 0.6) is 11.5 Å². The summed E-state index contributed by atoms with van der Waals surface area (Å²) < 4.78 is 13.4. The molecule has 5 rings (SSSR count). The Kier molecular flexibility index (Phi) is 3.71. The molecule has 3 heterocycles. The Morgan fingerprint density at radius 1 is 1.19 bits per heavy atom. The van der Waals surface area contributed by atoms with Crippen LogP contribution in [0.1, 0.15) is 60.3 Å². The summed E-state index contributed by atoms with van der Waals surface area (Å²) in [5.74, 6) is 1.70. The lowest BCUT2D eigenvalue weighted by molar-refractivity contribution is 0.0582. The molecule has 2 aromatic rings. The van der Waals surface area contributed by atoms with E-state index < -0.39 is 0 Å². The van der Waals surface area contributed by atoms with Gasteiger partial charge in [-0.1, -0.05) is 12.8 Å². The maximum Gasteiger partial charge on any atom is 0.272 e. The van der Waals surface area contributed by atoms with Crippen molar-refractivity contribution in [1.82, 2.24) is 14.7 Å². The van der Waals surface area contributed by atoms with Crippen LogP contribution in [0.2, 0.25) is 0 Å². The molecule has 1 aromatic carbocycles. The molecule has 1 spiro atoms. The number of rotatable bonds is 1. The minimum Gasteiger partial charge on any atom is -0.486 e. The quantitative estimate of drug-likeness (QED) is 0.777. The molecule has 0 saturated heterocycles. The van der Waals surface area contributed by atoms with Crippen LogP contribution in [0, 0.1) is 0 Å². The van der Waals surface area contributed by atoms with Crippen molar-refractivity contribution in [2.24, 2.45) is 7.05 Å². The third-order valence-corrected chi connectivity index (χ3v) is 6.54. The van der Waals surface area contributed by atoms with Gasteiger partial charge < -0.3 is 14.4 Å². The smallest absolute Gasteiger partial charge is 0.272 e. The molecule has 6 heteroatoms. The van der Waals surface area contributed by atoms with Gasteiger partial charge in [0.05, 0.1) is 6.04 Å². The second-order valence-electron chi connectivity index (χ2n) is 8.02. The molecule has 0 unspecified atom stereocenters. The molecule has 1 atom stereocenters. The molecule has 0 N–H and O–H groups in total. The number of aromatic nitrogens is 2. The summed E-state index contributed by atoms with van der Waals surface area (Å²) in [6, 6.07) is 6.09. The first-order chi connectivity index (χ1) is 13.1. The van der Waals surface area contributed by atoms with Crippen LogP contribution in [0.4, 0.5) is 0 Å². The van der Waals surface area contributed by atoms with E-state index in [0.717, 1.165) is 30.9 Å². The molecule has 1 fully saturated rings. The molecule has 1 saturated carbocycles. The van der Waals surface area contributed by atoms with E-state index in [0.29, 0.717) is 18.9 Å². The van der Waals surface area contributed by atoms with E-state index in [9.17, 15) is 4.79 Å². The molecule has 0 radical (unpaired) electrons. The van der Waals surface area contributed by atoms with Crippen LogP contribution in [0.15, 0.2) is 24.4 Å². The van der Waals surface area contributed by atoms with E-state index >= 15 is 0 Å². The van der Waals surface area contributed by atoms with E-state index in [1.165, 1.54) is 24.0 Å². The van der Waals surface area contributed by atoms with E-state index in [2.05, 4.69) is 24.2 Å². The van der Waals surface area contributed by atoms with E-state index in [1.54, 1.807) is 16.9 Å². The van der Waals surface area contributed by atoms with Gasteiger partial charge in [0.15, 0.2) is 11.5 Å². The molecular weight excluding hydrogens is 342 g/mol. The predicted octanol–water partition coefficient (Wildman–Crippen LogP) is 3.22. The lowest BCUT2D eigenvalue weighted by atomic mass is 9.71. The number of amides is 1. The van der Waals surface area contributed by atoms with E-state index in [-0.39, 0.29) is 17.4 Å². The van der Waals surface area contributed by atoms with E-state index in [4.69, 9.17) is 9.47 Å². The van der Waals surface area contributed by atoms with Gasteiger partial charge in [-0.15, -0.1) is 0 Å². The van der Waals surface area contributed by atoms with Gasteiger partial charge in [0.1, 0.15) is 18.9 Å². The zero-order valence-corrected chi connectivity index (χ0v) is 15.9. The van der Waals surface area contributed by atoms with Crippen molar-refractivity contribution in [3.05, 3.63) is 41.2 Å². The largest absolute Gasteiger partial charge is 0.486 e. The molecule has 0 bridgehead atoms. The Labute approximate surface area is 159 Å². The molecule has 2 aliphatic heterocycles. The average molecular weight is 367 g/mol. The van der Waals surface area contributed by atoms with Gasteiger partial charge >= 0.3 is 0 Å². The number of fused-ring (bicyclic) bond motifs is 3. The fourth-order valence-electron chi connectivity index (χ4n) is 5.08. The van der Waals surface area contributed by atoms with Gasteiger partial charge in [-0.25, -0.2) is 0 Å². The van der Waals surface area contributed by atoms with Crippen LogP contribution in [0.25, 0.3) is 0 Å². The van der Waals surface area contributed by atoms with Crippen LogP contribution >= 0.6 is 0 Å². The van der Waals surface area contributed by atoms with Gasteiger partial charge in [0.25, 0.3) is 5.91 Å². The van der Waals surface area contributed by atoms with Crippen LogP contribution in [-0.4, -0.2) is 40.3 Å². The van der Waals surface area contributed by atoms with Crippen LogP contribution in [-0.2, 0) is 12.5 Å². The number of ether oxygens (including phenoxy) is 2. The van der Waals surface area contributed by atoms with Crippen molar-refractivity contribution < 1.29 is 14.3 Å². The third kappa shape index (κ3) is 2.46. The van der Waals surface area contributed by atoms with Gasteiger partial charge in [-0.05, 0) is 49.1 Å². The summed E-state index contributed by atoms with van der Waals surface area (Å²) >= 11 is 0. The molecule has 1 amide bonds. The minimum atomic E-state index is -0.00977. The Morgan fingerprint density at radius 3 is 2.56 bits per heavy atom. The van der Waals surface area contributed by atoms with Crippen molar-refractivity contribution in [3.8, 4) is 11.5 Å². The first-order valence-electron chi connectivity index (χ1n) is 9.82. The lowest BCUT2D eigenvalue weighted by Crippen LogP contribution is -2.49. The Balaban J connectivity index is 1.62. The zero-order chi connectivity index (χ0) is 18.6. The highest BCUT2D eigenvalue weighted by molar-refractivity contribution is 5.93. The van der Waals surface area contributed by atoms with Crippen LogP contribution < -0.4 is 9.47 Å². The fraction of sp³-hybridized carbons (Fsp3) is 0.524. The predicted molar refractivity (Wildman–Crippen MR) is 100 cm³/mol. The van der Waals surface area contributed by atoms with Gasteiger partial charge in [0.2, 0.25) is 0 Å². The maximum atomic E-state index is 13.3. The fourth-order valence-corrected chi connectivity index (χ4v) is 5.08. The van der Waals surface area contributed by atoms with Crippen molar-refractivity contribution >= 4 is 5.91 Å². The number of carbonyl (C=O) groups is 1. The van der Waals surface area contributed by atoms with E-state index in [1.807, 2.05) is 11.9 Å². The first kappa shape index (κ1) is 16.7. The monoisotopic (exact) mass is 367 g/mol. The van der Waals surface area contributed by atoms with Crippen molar-refractivity contribution in [3.63, 3.8) is 0 Å². The minimum absolute atomic E-state index is 0.00977. The van der Waals surface area contributed by atoms with Crippen molar-refractivity contribution in [2.45, 2.75) is 44.1 Å². The SMILES string of the molecule is C[C@@H]1c2cc3c(cc2C2(CCCC2)CN1C(=O)c1ccnn1C)OCCO3. The molecule has 3 aliphatic rings. The molecule has 142 valence electrons. The molecule has 27 heavy (non-hydrogen) atoms. The van der Waals surface area contributed by atoms with Crippen molar-refractivity contribution in [1.29, 1.82) is 0 Å².